The number of nitriles is 1. The smallest absolute Gasteiger partial charge is 0.0760 e. The molecule has 0 aliphatic rings. The molecule has 0 spiro atoms. The first-order valence-corrected chi connectivity index (χ1v) is 6.15. The molecule has 0 saturated heterocycles. The molecule has 0 atom stereocenters. The molecule has 1 aromatic carbocycles. The van der Waals surface area contributed by atoms with Gasteiger partial charge in [0.2, 0.25) is 0 Å². The van der Waals surface area contributed by atoms with E-state index < -0.39 is 0 Å². The largest absolute Gasteiger partial charge is 0.256 e. The third kappa shape index (κ3) is 2.64. The fraction of sp³-hybridized carbons (Fsp3) is 0.143. The van der Waals surface area contributed by atoms with Gasteiger partial charge in [0.1, 0.15) is 0 Å². The zero-order chi connectivity index (χ0) is 13.1. The third-order valence-corrected chi connectivity index (χ3v) is 3.12. The second-order valence-corrected chi connectivity index (χ2v) is 4.82. The van der Waals surface area contributed by atoms with Crippen molar-refractivity contribution in [1.29, 1.82) is 5.26 Å². The summed E-state index contributed by atoms with van der Waals surface area (Å²) in [6, 6.07) is 9.31. The first kappa shape index (κ1) is 12.9. The van der Waals surface area contributed by atoms with Crippen LogP contribution >= 0.6 is 23.2 Å². The van der Waals surface area contributed by atoms with Gasteiger partial charge in [0.15, 0.2) is 0 Å². The lowest BCUT2D eigenvalue weighted by molar-refractivity contribution is 1.17. The lowest BCUT2D eigenvalue weighted by Crippen LogP contribution is -1.94. The fourth-order valence-corrected chi connectivity index (χ4v) is 2.15. The average molecular weight is 277 g/mol. The summed E-state index contributed by atoms with van der Waals surface area (Å²) in [5.74, 6) is 0. The molecule has 4 heteroatoms. The minimum absolute atomic E-state index is 0.298. The predicted molar refractivity (Wildman–Crippen MR) is 73.7 cm³/mol. The zero-order valence-corrected chi connectivity index (χ0v) is 11.3. The Kier molecular flexibility index (Phi) is 3.86. The van der Waals surface area contributed by atoms with Gasteiger partial charge in [-0.15, -0.1) is 0 Å². The Morgan fingerprint density at radius 2 is 2.06 bits per heavy atom. The molecule has 1 heterocycles. The van der Waals surface area contributed by atoms with E-state index in [1.54, 1.807) is 24.4 Å². The first-order chi connectivity index (χ1) is 8.61. The summed E-state index contributed by atoms with van der Waals surface area (Å²) < 4.78 is 0. The Morgan fingerprint density at radius 3 is 2.78 bits per heavy atom. The van der Waals surface area contributed by atoms with E-state index in [0.717, 1.165) is 22.4 Å². The lowest BCUT2D eigenvalue weighted by atomic mass is 10.0. The van der Waals surface area contributed by atoms with Crippen LogP contribution in [0.25, 0.3) is 11.3 Å². The highest BCUT2D eigenvalue weighted by Crippen LogP contribution is 2.31. The maximum atomic E-state index is 8.87. The standard InChI is InChI=1S/C14H10Cl2N2/c1-9-6-10(4-5-17)14(18-8-9)12-7-11(15)2-3-13(12)16/h2-3,6-8H,4H2,1H3. The molecule has 0 fully saturated rings. The molecule has 90 valence electrons. The maximum Gasteiger partial charge on any atom is 0.0760 e. The van der Waals surface area contributed by atoms with Crippen molar-refractivity contribution in [3.63, 3.8) is 0 Å². The molecule has 18 heavy (non-hydrogen) atoms. The van der Waals surface area contributed by atoms with Crippen LogP contribution in [0.15, 0.2) is 30.5 Å². The van der Waals surface area contributed by atoms with Gasteiger partial charge >= 0.3 is 0 Å². The zero-order valence-electron chi connectivity index (χ0n) is 9.74. The van der Waals surface area contributed by atoms with Gasteiger partial charge in [0.25, 0.3) is 0 Å². The van der Waals surface area contributed by atoms with Crippen LogP contribution in [0, 0.1) is 18.3 Å². The van der Waals surface area contributed by atoms with Gasteiger partial charge in [-0.2, -0.15) is 5.26 Å². The Morgan fingerprint density at radius 1 is 1.28 bits per heavy atom. The molecule has 0 amide bonds. The number of aromatic nitrogens is 1. The van der Waals surface area contributed by atoms with E-state index in [1.165, 1.54) is 0 Å². The van der Waals surface area contributed by atoms with Gasteiger partial charge in [-0.05, 0) is 36.2 Å². The molecule has 0 saturated carbocycles. The van der Waals surface area contributed by atoms with Crippen LogP contribution in [0.4, 0.5) is 0 Å². The van der Waals surface area contributed by atoms with Crippen molar-refractivity contribution >= 4 is 23.2 Å². The average Bonchev–Trinajstić information content (AvgIpc) is 2.33. The predicted octanol–water partition coefficient (Wildman–Crippen LogP) is 4.43. The number of halogens is 2. The van der Waals surface area contributed by atoms with Crippen LogP contribution in [0.1, 0.15) is 11.1 Å². The van der Waals surface area contributed by atoms with Gasteiger partial charge in [0, 0.05) is 16.8 Å². The Bertz CT molecular complexity index is 630. The van der Waals surface area contributed by atoms with Crippen LogP contribution < -0.4 is 0 Å². The molecule has 0 aliphatic heterocycles. The topological polar surface area (TPSA) is 36.7 Å². The molecule has 2 rings (SSSR count). The van der Waals surface area contributed by atoms with E-state index in [1.807, 2.05) is 13.0 Å². The summed E-state index contributed by atoms with van der Waals surface area (Å²) in [6.07, 6.45) is 2.06. The molecule has 2 nitrogen and oxygen atoms in total. The highest BCUT2D eigenvalue weighted by molar-refractivity contribution is 6.35. The van der Waals surface area contributed by atoms with E-state index in [4.69, 9.17) is 28.5 Å². The third-order valence-electron chi connectivity index (χ3n) is 2.56. The molecular weight excluding hydrogens is 267 g/mol. The van der Waals surface area contributed by atoms with E-state index in [0.29, 0.717) is 16.5 Å². The second kappa shape index (κ2) is 5.39. The molecule has 0 radical (unpaired) electrons. The van der Waals surface area contributed by atoms with Gasteiger partial charge < -0.3 is 0 Å². The van der Waals surface area contributed by atoms with Gasteiger partial charge in [-0.25, -0.2) is 0 Å². The van der Waals surface area contributed by atoms with Crippen LogP contribution in [0.5, 0.6) is 0 Å². The summed E-state index contributed by atoms with van der Waals surface area (Å²) in [7, 11) is 0. The van der Waals surface area contributed by atoms with Crippen molar-refractivity contribution in [1.82, 2.24) is 4.98 Å². The Balaban J connectivity index is 2.63. The Hall–Kier alpha value is -1.56. The first-order valence-electron chi connectivity index (χ1n) is 5.39. The fourth-order valence-electron chi connectivity index (χ4n) is 1.77. The molecule has 0 N–H and O–H groups in total. The number of hydrogen-bond donors (Lipinski definition) is 0. The second-order valence-electron chi connectivity index (χ2n) is 3.98. The quantitative estimate of drug-likeness (QED) is 0.814. The monoisotopic (exact) mass is 276 g/mol. The number of hydrogen-bond acceptors (Lipinski definition) is 2. The van der Waals surface area contributed by atoms with Crippen LogP contribution in [0.2, 0.25) is 10.0 Å². The van der Waals surface area contributed by atoms with Gasteiger partial charge in [0.05, 0.1) is 23.2 Å². The molecule has 0 unspecified atom stereocenters. The van der Waals surface area contributed by atoms with Crippen LogP contribution in [0.3, 0.4) is 0 Å². The van der Waals surface area contributed by atoms with Crippen molar-refractivity contribution in [2.75, 3.05) is 0 Å². The number of rotatable bonds is 2. The molecule has 0 bridgehead atoms. The minimum atomic E-state index is 0.298. The molecule has 0 aliphatic carbocycles. The van der Waals surface area contributed by atoms with E-state index in [-0.39, 0.29) is 0 Å². The normalized spacial score (nSPS) is 10.1. The number of aryl methyl sites for hydroxylation is 1. The number of pyridine rings is 1. The van der Waals surface area contributed by atoms with Crippen molar-refractivity contribution < 1.29 is 0 Å². The van der Waals surface area contributed by atoms with Crippen molar-refractivity contribution in [2.45, 2.75) is 13.3 Å². The van der Waals surface area contributed by atoms with E-state index >= 15 is 0 Å². The van der Waals surface area contributed by atoms with Gasteiger partial charge in [-0.1, -0.05) is 29.3 Å². The van der Waals surface area contributed by atoms with Crippen LogP contribution in [-0.4, -0.2) is 4.98 Å². The maximum absolute atomic E-state index is 8.87. The lowest BCUT2D eigenvalue weighted by Gasteiger charge is -2.09. The van der Waals surface area contributed by atoms with E-state index in [9.17, 15) is 0 Å². The molecule has 1 aromatic heterocycles. The van der Waals surface area contributed by atoms with E-state index in [2.05, 4.69) is 11.1 Å². The highest BCUT2D eigenvalue weighted by atomic mass is 35.5. The SMILES string of the molecule is Cc1cnc(-c2cc(Cl)ccc2Cl)c(CC#N)c1. The summed E-state index contributed by atoms with van der Waals surface area (Å²) in [5.41, 5.74) is 3.35. The van der Waals surface area contributed by atoms with Crippen LogP contribution in [-0.2, 0) is 6.42 Å². The summed E-state index contributed by atoms with van der Waals surface area (Å²) in [4.78, 5) is 4.37. The molecular formula is C14H10Cl2N2. The van der Waals surface area contributed by atoms with Crippen molar-refractivity contribution in [2.24, 2.45) is 0 Å². The van der Waals surface area contributed by atoms with Crippen molar-refractivity contribution in [3.8, 4) is 17.3 Å². The Labute approximate surface area is 116 Å². The summed E-state index contributed by atoms with van der Waals surface area (Å²) in [5, 5.41) is 10.0. The summed E-state index contributed by atoms with van der Waals surface area (Å²) in [6.45, 7) is 1.94. The highest BCUT2D eigenvalue weighted by Gasteiger charge is 2.11. The molecule has 2 aromatic rings. The number of nitrogens with zero attached hydrogens (tertiary/aromatic N) is 2. The number of benzene rings is 1. The summed E-state index contributed by atoms with van der Waals surface area (Å²) >= 11 is 12.1. The van der Waals surface area contributed by atoms with Crippen molar-refractivity contribution in [3.05, 3.63) is 51.6 Å². The minimum Gasteiger partial charge on any atom is -0.256 e. The van der Waals surface area contributed by atoms with Gasteiger partial charge in [-0.3, -0.25) is 4.98 Å².